The summed E-state index contributed by atoms with van der Waals surface area (Å²) < 4.78 is 31.4. The molecule has 1 amide bonds. The number of piperidine rings is 1. The topological polar surface area (TPSA) is 68.2 Å². The summed E-state index contributed by atoms with van der Waals surface area (Å²) in [5, 5.41) is 11.7. The summed E-state index contributed by atoms with van der Waals surface area (Å²) in [6.45, 7) is 1.35. The molecule has 3 fully saturated rings. The van der Waals surface area contributed by atoms with Gasteiger partial charge in [-0.1, -0.05) is 30.3 Å². The van der Waals surface area contributed by atoms with Gasteiger partial charge in [-0.2, -0.15) is 0 Å². The van der Waals surface area contributed by atoms with Crippen LogP contribution in [0.5, 0.6) is 5.75 Å². The van der Waals surface area contributed by atoms with Crippen molar-refractivity contribution in [2.45, 2.75) is 50.0 Å². The minimum absolute atomic E-state index is 0.184. The van der Waals surface area contributed by atoms with E-state index in [-0.39, 0.29) is 31.5 Å². The van der Waals surface area contributed by atoms with E-state index in [0.29, 0.717) is 37.1 Å². The van der Waals surface area contributed by atoms with E-state index in [1.807, 2.05) is 30.3 Å². The molecule has 1 saturated carbocycles. The van der Waals surface area contributed by atoms with Crippen LogP contribution in [-0.4, -0.2) is 48.0 Å². The largest absolute Gasteiger partial charge is 0.493 e. The van der Waals surface area contributed by atoms with Crippen molar-refractivity contribution in [2.24, 2.45) is 5.92 Å². The number of benzene rings is 2. The Bertz CT molecular complexity index is 950. The fourth-order valence-corrected chi connectivity index (χ4v) is 4.77. The Morgan fingerprint density at radius 2 is 1.84 bits per heavy atom. The van der Waals surface area contributed by atoms with Gasteiger partial charge in [-0.15, -0.1) is 0 Å². The van der Waals surface area contributed by atoms with Crippen LogP contribution in [0.15, 0.2) is 48.5 Å². The zero-order valence-electron chi connectivity index (χ0n) is 17.9. The molecule has 2 unspecified atom stereocenters. The molecule has 32 heavy (non-hydrogen) atoms. The third kappa shape index (κ3) is 4.45. The van der Waals surface area contributed by atoms with Gasteiger partial charge in [-0.05, 0) is 42.5 Å². The van der Waals surface area contributed by atoms with Crippen LogP contribution in [0.25, 0.3) is 0 Å². The Morgan fingerprint density at radius 1 is 1.12 bits per heavy atom. The van der Waals surface area contributed by atoms with E-state index >= 15 is 0 Å². The molecule has 2 aromatic rings. The van der Waals surface area contributed by atoms with E-state index in [1.165, 1.54) is 12.1 Å². The van der Waals surface area contributed by atoms with Crippen LogP contribution in [0.3, 0.4) is 0 Å². The second-order valence-electron chi connectivity index (χ2n) is 9.13. The van der Waals surface area contributed by atoms with Crippen molar-refractivity contribution in [3.63, 3.8) is 0 Å². The molecule has 5 rings (SSSR count). The molecule has 2 heterocycles. The minimum Gasteiger partial charge on any atom is -0.493 e. The quantitative estimate of drug-likeness (QED) is 0.734. The summed E-state index contributed by atoms with van der Waals surface area (Å²) in [4.78, 5) is 14.6. The van der Waals surface area contributed by atoms with Gasteiger partial charge in [0.15, 0.2) is 0 Å². The maximum absolute atomic E-state index is 14.2. The summed E-state index contributed by atoms with van der Waals surface area (Å²) >= 11 is 0. The Balaban J connectivity index is 1.33. The maximum atomic E-state index is 14.2. The lowest BCUT2D eigenvalue weighted by atomic mass is 9.76. The highest BCUT2D eigenvalue weighted by molar-refractivity contribution is 5.69. The normalized spacial score (nSPS) is 27.1. The average molecular weight is 441 g/mol. The van der Waals surface area contributed by atoms with E-state index in [1.54, 1.807) is 11.0 Å². The predicted octanol–water partition coefficient (Wildman–Crippen LogP) is 4.00. The van der Waals surface area contributed by atoms with E-state index in [9.17, 15) is 14.3 Å². The molecule has 0 spiro atoms. The number of hydrogen-bond acceptors (Lipinski definition) is 5. The van der Waals surface area contributed by atoms with Crippen molar-refractivity contribution in [1.82, 2.24) is 4.90 Å². The van der Waals surface area contributed by atoms with Gasteiger partial charge in [0.05, 0.1) is 37.5 Å². The predicted molar refractivity (Wildman–Crippen MR) is 115 cm³/mol. The lowest BCUT2D eigenvalue weighted by Gasteiger charge is -2.51. The first-order valence-corrected chi connectivity index (χ1v) is 11.2. The van der Waals surface area contributed by atoms with Crippen LogP contribution in [0.4, 0.5) is 9.18 Å². The molecule has 2 bridgehead atoms. The number of halogens is 1. The zero-order chi connectivity index (χ0) is 22.1. The van der Waals surface area contributed by atoms with E-state index in [0.717, 1.165) is 18.4 Å². The van der Waals surface area contributed by atoms with Crippen LogP contribution in [0, 0.1) is 11.7 Å². The number of carbonyl (C=O) groups excluding carboxylic acids is 1. The lowest BCUT2D eigenvalue weighted by molar-refractivity contribution is -0.137. The number of hydrogen-bond donors (Lipinski definition) is 1. The molecule has 2 saturated heterocycles. The summed E-state index contributed by atoms with van der Waals surface area (Å²) in [7, 11) is 0. The molecule has 0 radical (unpaired) electrons. The van der Waals surface area contributed by atoms with Gasteiger partial charge < -0.3 is 19.3 Å². The first-order chi connectivity index (χ1) is 15.5. The number of amides is 1. The average Bonchev–Trinajstić information content (AvgIpc) is 3.61. The second-order valence-corrected chi connectivity index (χ2v) is 9.13. The fraction of sp³-hybridized carbons (Fsp3) is 0.480. The number of carbonyl (C=O) groups is 1. The van der Waals surface area contributed by atoms with E-state index in [4.69, 9.17) is 14.2 Å². The zero-order valence-corrected chi connectivity index (χ0v) is 17.9. The molecule has 7 heteroatoms. The highest BCUT2D eigenvalue weighted by Crippen LogP contribution is 2.45. The maximum Gasteiger partial charge on any atom is 0.410 e. The van der Waals surface area contributed by atoms with Crippen molar-refractivity contribution in [2.75, 3.05) is 19.8 Å². The smallest absolute Gasteiger partial charge is 0.410 e. The van der Waals surface area contributed by atoms with Gasteiger partial charge in [0.1, 0.15) is 18.2 Å². The lowest BCUT2D eigenvalue weighted by Crippen LogP contribution is -2.62. The summed E-state index contributed by atoms with van der Waals surface area (Å²) in [5.41, 5.74) is 0.0522. The van der Waals surface area contributed by atoms with Gasteiger partial charge in [-0.25, -0.2) is 9.18 Å². The second kappa shape index (κ2) is 8.71. The number of aliphatic hydroxyl groups is 1. The summed E-state index contributed by atoms with van der Waals surface area (Å²) in [6.07, 6.45) is 2.32. The molecule has 6 nitrogen and oxygen atoms in total. The van der Waals surface area contributed by atoms with Crippen molar-refractivity contribution in [3.05, 3.63) is 65.5 Å². The molecule has 2 atom stereocenters. The summed E-state index contributed by atoms with van der Waals surface area (Å²) in [6, 6.07) is 13.1. The number of morpholine rings is 1. The van der Waals surface area contributed by atoms with Crippen LogP contribution in [0.1, 0.15) is 36.8 Å². The van der Waals surface area contributed by atoms with Crippen molar-refractivity contribution in [1.29, 1.82) is 0 Å². The highest BCUT2D eigenvalue weighted by atomic mass is 19.1. The first-order valence-electron chi connectivity index (χ1n) is 11.2. The molecule has 2 aromatic carbocycles. The van der Waals surface area contributed by atoms with Crippen molar-refractivity contribution >= 4 is 6.09 Å². The standard InChI is InChI=1S/C25H28FNO5/c26-19-8-9-23(31-13-18-6-7-18)22(10-19)25(29)11-20-15-30-16-21(12-25)27(20)24(28)32-14-17-4-2-1-3-5-17/h1-5,8-10,18,20-21,29H,6-7,11-16H2. The fourth-order valence-electron chi connectivity index (χ4n) is 4.77. The van der Waals surface area contributed by atoms with Gasteiger partial charge >= 0.3 is 6.09 Å². The monoisotopic (exact) mass is 441 g/mol. The number of ether oxygens (including phenoxy) is 3. The third-order valence-electron chi connectivity index (χ3n) is 6.58. The molecule has 1 N–H and O–H groups in total. The van der Waals surface area contributed by atoms with E-state index < -0.39 is 17.5 Å². The Morgan fingerprint density at radius 3 is 2.53 bits per heavy atom. The van der Waals surface area contributed by atoms with Crippen LogP contribution >= 0.6 is 0 Å². The first kappa shape index (κ1) is 21.2. The van der Waals surface area contributed by atoms with Crippen molar-refractivity contribution in [3.8, 4) is 5.75 Å². The molecule has 0 aromatic heterocycles. The minimum atomic E-state index is -1.31. The number of rotatable bonds is 6. The summed E-state index contributed by atoms with van der Waals surface area (Å²) in [5.74, 6) is 0.634. The van der Waals surface area contributed by atoms with E-state index in [2.05, 4.69) is 0 Å². The Hall–Kier alpha value is -2.64. The van der Waals surface area contributed by atoms with Crippen LogP contribution in [-0.2, 0) is 21.7 Å². The van der Waals surface area contributed by atoms with Crippen LogP contribution in [0.2, 0.25) is 0 Å². The van der Waals surface area contributed by atoms with Gasteiger partial charge in [0.25, 0.3) is 0 Å². The van der Waals surface area contributed by atoms with Crippen LogP contribution < -0.4 is 4.74 Å². The molecular formula is C25H28FNO5. The van der Waals surface area contributed by atoms with Gasteiger partial charge in [0, 0.05) is 18.4 Å². The SMILES string of the molecule is O=C(OCc1ccccc1)N1C2COCC1CC(O)(c1cc(F)ccc1OCC1CC1)C2. The third-order valence-corrected chi connectivity index (χ3v) is 6.58. The molecule has 170 valence electrons. The number of nitrogens with zero attached hydrogens (tertiary/aromatic N) is 1. The number of fused-ring (bicyclic) bond motifs is 2. The van der Waals surface area contributed by atoms with Crippen molar-refractivity contribution < 1.29 is 28.5 Å². The highest BCUT2D eigenvalue weighted by Gasteiger charge is 2.50. The Kier molecular flexibility index (Phi) is 5.78. The molecule has 3 aliphatic rings. The molecule has 1 aliphatic carbocycles. The van der Waals surface area contributed by atoms with Gasteiger partial charge in [0.2, 0.25) is 0 Å². The Labute approximate surface area is 186 Å². The molecule has 2 aliphatic heterocycles. The van der Waals surface area contributed by atoms with Gasteiger partial charge in [-0.3, -0.25) is 4.90 Å². The molecular weight excluding hydrogens is 413 g/mol.